The molecular weight excluding hydrogens is 375 g/mol. The third kappa shape index (κ3) is 4.96. The highest BCUT2D eigenvalue weighted by molar-refractivity contribution is 7.89. The minimum Gasteiger partial charge on any atom is -0.495 e. The van der Waals surface area contributed by atoms with Crippen molar-refractivity contribution < 1.29 is 26.3 Å². The predicted molar refractivity (Wildman–Crippen MR) is 90.3 cm³/mol. The maximum atomic E-state index is 13.0. The first-order valence-electron chi connectivity index (χ1n) is 7.42. The van der Waals surface area contributed by atoms with Crippen molar-refractivity contribution in [1.29, 1.82) is 0 Å². The van der Waals surface area contributed by atoms with Crippen LogP contribution in [-0.4, -0.2) is 32.6 Å². The number of nitrogens with zero attached hydrogens (tertiary/aromatic N) is 1. The summed E-state index contributed by atoms with van der Waals surface area (Å²) in [6, 6.07) is 6.11. The number of benzene rings is 1. The summed E-state index contributed by atoms with van der Waals surface area (Å²) < 4.78 is 70.3. The molecule has 0 spiro atoms. The van der Waals surface area contributed by atoms with Gasteiger partial charge in [0.2, 0.25) is 10.0 Å². The van der Waals surface area contributed by atoms with Gasteiger partial charge in [0, 0.05) is 6.54 Å². The van der Waals surface area contributed by atoms with Crippen molar-refractivity contribution in [3.63, 3.8) is 0 Å². The molecule has 138 valence electrons. The van der Waals surface area contributed by atoms with Crippen LogP contribution in [0.1, 0.15) is 18.1 Å². The van der Waals surface area contributed by atoms with Gasteiger partial charge in [-0.25, -0.2) is 8.42 Å². The lowest BCUT2D eigenvalue weighted by molar-refractivity contribution is -0.136. The molecule has 0 aliphatic heterocycles. The highest BCUT2D eigenvalue weighted by atomic mass is 32.2. The molecule has 0 unspecified atom stereocenters. The molecule has 0 radical (unpaired) electrons. The van der Waals surface area contributed by atoms with Crippen LogP contribution in [-0.2, 0) is 23.0 Å². The molecule has 0 atom stereocenters. The van der Waals surface area contributed by atoms with Crippen LogP contribution in [0, 0.1) is 0 Å². The fourth-order valence-electron chi connectivity index (χ4n) is 2.29. The van der Waals surface area contributed by atoms with Gasteiger partial charge in [0.1, 0.15) is 17.2 Å². The van der Waals surface area contributed by atoms with Crippen molar-refractivity contribution in [2.24, 2.45) is 0 Å². The van der Waals surface area contributed by atoms with Gasteiger partial charge in [0.05, 0.1) is 7.11 Å². The number of hydrogen-bond acceptors (Lipinski definition) is 4. The normalized spacial score (nSPS) is 12.6. The van der Waals surface area contributed by atoms with E-state index in [1.54, 1.807) is 22.9 Å². The molecule has 0 bridgehead atoms. The molecule has 0 saturated carbocycles. The highest BCUT2D eigenvalue weighted by Crippen LogP contribution is 2.31. The molecule has 9 heteroatoms. The van der Waals surface area contributed by atoms with Crippen molar-refractivity contribution in [2.45, 2.75) is 31.0 Å². The summed E-state index contributed by atoms with van der Waals surface area (Å²) in [5.74, 6) is 0.0229. The Hall–Kier alpha value is -1.58. The largest absolute Gasteiger partial charge is 0.495 e. The topological polar surface area (TPSA) is 46.6 Å². The molecule has 1 heterocycles. The Labute approximate surface area is 148 Å². The van der Waals surface area contributed by atoms with Crippen LogP contribution >= 0.6 is 11.3 Å². The van der Waals surface area contributed by atoms with Crippen LogP contribution in [0.25, 0.3) is 0 Å². The predicted octanol–water partition coefficient (Wildman–Crippen LogP) is 4.07. The number of sulfonamides is 1. The number of methoxy groups -OCH3 is 1. The van der Waals surface area contributed by atoms with Crippen molar-refractivity contribution in [1.82, 2.24) is 4.31 Å². The maximum Gasteiger partial charge on any atom is 0.402 e. The fraction of sp³-hybridized carbons (Fsp3) is 0.375. The summed E-state index contributed by atoms with van der Waals surface area (Å²) in [4.78, 5) is -0.256. The van der Waals surface area contributed by atoms with E-state index in [1.807, 2.05) is 6.92 Å². The van der Waals surface area contributed by atoms with E-state index in [0.29, 0.717) is 21.9 Å². The average Bonchev–Trinajstić information content (AvgIpc) is 3.05. The zero-order valence-corrected chi connectivity index (χ0v) is 15.3. The van der Waals surface area contributed by atoms with Crippen LogP contribution in [0.2, 0.25) is 0 Å². The van der Waals surface area contributed by atoms with Crippen molar-refractivity contribution in [3.8, 4) is 5.75 Å². The number of hydrogen-bond donors (Lipinski definition) is 0. The second-order valence-corrected chi connectivity index (χ2v) is 8.05. The van der Waals surface area contributed by atoms with E-state index < -0.39 is 22.7 Å². The number of alkyl halides is 3. The summed E-state index contributed by atoms with van der Waals surface area (Å²) in [5.41, 5.74) is 1.20. The summed E-state index contributed by atoms with van der Waals surface area (Å²) in [7, 11) is -3.11. The maximum absolute atomic E-state index is 13.0. The van der Waals surface area contributed by atoms with Crippen LogP contribution in [0.3, 0.4) is 0 Å². The molecule has 2 rings (SSSR count). The van der Waals surface area contributed by atoms with E-state index in [-0.39, 0.29) is 17.2 Å². The Morgan fingerprint density at radius 1 is 1.20 bits per heavy atom. The zero-order chi connectivity index (χ0) is 18.7. The first-order chi connectivity index (χ1) is 11.7. The SMILES string of the molecule is CCc1ccc(OC)c(S(=O)(=O)N(Cc2ccsc2)CC(F)(F)F)c1. The lowest BCUT2D eigenvalue weighted by atomic mass is 10.2. The molecule has 0 aliphatic carbocycles. The third-order valence-corrected chi connectivity index (χ3v) is 6.09. The van der Waals surface area contributed by atoms with Crippen molar-refractivity contribution >= 4 is 21.4 Å². The van der Waals surface area contributed by atoms with E-state index in [2.05, 4.69) is 0 Å². The van der Waals surface area contributed by atoms with E-state index in [9.17, 15) is 21.6 Å². The second-order valence-electron chi connectivity index (χ2n) is 5.36. The van der Waals surface area contributed by atoms with Gasteiger partial charge in [-0.05, 0) is 46.5 Å². The molecule has 0 N–H and O–H groups in total. The number of halogens is 3. The first-order valence-corrected chi connectivity index (χ1v) is 9.80. The molecule has 2 aromatic rings. The number of ether oxygens (including phenoxy) is 1. The van der Waals surface area contributed by atoms with Gasteiger partial charge in [0.25, 0.3) is 0 Å². The number of aryl methyl sites for hydroxylation is 1. The quantitative estimate of drug-likeness (QED) is 0.712. The van der Waals surface area contributed by atoms with Gasteiger partial charge in [-0.3, -0.25) is 0 Å². The number of thiophene rings is 1. The molecule has 0 amide bonds. The molecule has 4 nitrogen and oxygen atoms in total. The standard InChI is InChI=1S/C16H18F3NO3S2/c1-3-12-4-5-14(23-2)15(8-12)25(21,22)20(11-16(17,18)19)9-13-6-7-24-10-13/h4-8,10H,3,9,11H2,1-2H3. The molecule has 0 fully saturated rings. The summed E-state index contributed by atoms with van der Waals surface area (Å²) in [5, 5.41) is 3.31. The monoisotopic (exact) mass is 393 g/mol. The van der Waals surface area contributed by atoms with Crippen molar-refractivity contribution in [2.75, 3.05) is 13.7 Å². The Balaban J connectivity index is 2.50. The zero-order valence-electron chi connectivity index (χ0n) is 13.7. The average molecular weight is 393 g/mol. The Morgan fingerprint density at radius 3 is 2.44 bits per heavy atom. The highest BCUT2D eigenvalue weighted by Gasteiger charge is 2.38. The van der Waals surface area contributed by atoms with Crippen LogP contribution < -0.4 is 4.74 Å². The van der Waals surface area contributed by atoms with Crippen LogP contribution in [0.15, 0.2) is 39.9 Å². The second kappa shape index (κ2) is 7.76. The smallest absolute Gasteiger partial charge is 0.402 e. The molecule has 0 saturated heterocycles. The van der Waals surface area contributed by atoms with Gasteiger partial charge < -0.3 is 4.74 Å². The van der Waals surface area contributed by atoms with E-state index in [1.165, 1.54) is 30.6 Å². The van der Waals surface area contributed by atoms with Gasteiger partial charge in [-0.2, -0.15) is 28.8 Å². The van der Waals surface area contributed by atoms with Gasteiger partial charge in [-0.1, -0.05) is 13.0 Å². The molecule has 1 aromatic heterocycles. The fourth-order valence-corrected chi connectivity index (χ4v) is 4.57. The first kappa shape index (κ1) is 19.7. The van der Waals surface area contributed by atoms with Gasteiger partial charge >= 0.3 is 6.18 Å². The molecule has 25 heavy (non-hydrogen) atoms. The minimum absolute atomic E-state index is 0.0229. The summed E-state index contributed by atoms with van der Waals surface area (Å²) in [6.45, 7) is -0.0907. The summed E-state index contributed by atoms with van der Waals surface area (Å²) in [6.07, 6.45) is -4.10. The lowest BCUT2D eigenvalue weighted by Crippen LogP contribution is -2.38. The van der Waals surface area contributed by atoms with Crippen LogP contribution in [0.5, 0.6) is 5.75 Å². The van der Waals surface area contributed by atoms with E-state index >= 15 is 0 Å². The Bertz CT molecular complexity index is 803. The van der Waals surface area contributed by atoms with Gasteiger partial charge in [0.15, 0.2) is 0 Å². The lowest BCUT2D eigenvalue weighted by Gasteiger charge is -2.24. The molecule has 0 aliphatic rings. The molecule has 1 aromatic carbocycles. The Kier molecular flexibility index (Phi) is 6.12. The third-order valence-electron chi connectivity index (χ3n) is 3.55. The van der Waals surface area contributed by atoms with Crippen LogP contribution in [0.4, 0.5) is 13.2 Å². The number of rotatable bonds is 7. The van der Waals surface area contributed by atoms with Gasteiger partial charge in [-0.15, -0.1) is 0 Å². The van der Waals surface area contributed by atoms with E-state index in [0.717, 1.165) is 0 Å². The Morgan fingerprint density at radius 2 is 1.92 bits per heavy atom. The molecular formula is C16H18F3NO3S2. The van der Waals surface area contributed by atoms with Crippen molar-refractivity contribution in [3.05, 3.63) is 46.2 Å². The minimum atomic E-state index is -4.65. The van der Waals surface area contributed by atoms with E-state index in [4.69, 9.17) is 4.74 Å². The summed E-state index contributed by atoms with van der Waals surface area (Å²) >= 11 is 1.29.